The lowest BCUT2D eigenvalue weighted by atomic mass is 10.2. The van der Waals surface area contributed by atoms with Gasteiger partial charge in [-0.15, -0.1) is 0 Å². The van der Waals surface area contributed by atoms with Crippen molar-refractivity contribution in [3.63, 3.8) is 0 Å². The Bertz CT molecular complexity index is 218. The van der Waals surface area contributed by atoms with Gasteiger partial charge in [0.2, 0.25) is 0 Å². The monoisotopic (exact) mass is 154 g/mol. The van der Waals surface area contributed by atoms with Crippen molar-refractivity contribution in [1.82, 2.24) is 9.55 Å². The average molecular weight is 154 g/mol. The lowest BCUT2D eigenvalue weighted by molar-refractivity contribution is 0.184. The first kappa shape index (κ1) is 8.27. The van der Waals surface area contributed by atoms with E-state index >= 15 is 0 Å². The number of aryl methyl sites for hydroxylation is 2. The third-order valence-electron chi connectivity index (χ3n) is 1.58. The molecule has 0 aliphatic carbocycles. The van der Waals surface area contributed by atoms with Crippen LogP contribution in [0.25, 0.3) is 0 Å². The standard InChI is InChI=1S/C8H14N2O/c1-7(11)3-4-8-5-10(2)6-9-8/h5-7,11H,3-4H2,1-2H3/t7-/m1/s1. The molecule has 1 N–H and O–H groups in total. The van der Waals surface area contributed by atoms with Crippen molar-refractivity contribution in [3.05, 3.63) is 18.2 Å². The summed E-state index contributed by atoms with van der Waals surface area (Å²) in [5, 5.41) is 8.99. The molecule has 62 valence electrons. The summed E-state index contributed by atoms with van der Waals surface area (Å²) in [6.45, 7) is 1.79. The zero-order chi connectivity index (χ0) is 8.27. The Morgan fingerprint density at radius 1 is 1.73 bits per heavy atom. The molecule has 0 aromatic carbocycles. The van der Waals surface area contributed by atoms with Crippen LogP contribution in [0.2, 0.25) is 0 Å². The molecule has 0 amide bonds. The molecule has 0 bridgehead atoms. The quantitative estimate of drug-likeness (QED) is 0.697. The Labute approximate surface area is 66.7 Å². The largest absolute Gasteiger partial charge is 0.393 e. The topological polar surface area (TPSA) is 38.0 Å². The molecular weight excluding hydrogens is 140 g/mol. The second-order valence-electron chi connectivity index (χ2n) is 2.92. The first-order valence-corrected chi connectivity index (χ1v) is 3.83. The number of aliphatic hydroxyl groups is 1. The van der Waals surface area contributed by atoms with Gasteiger partial charge in [0.05, 0.1) is 18.1 Å². The second-order valence-corrected chi connectivity index (χ2v) is 2.92. The molecule has 0 radical (unpaired) electrons. The molecule has 0 unspecified atom stereocenters. The van der Waals surface area contributed by atoms with Crippen LogP contribution in [0.4, 0.5) is 0 Å². The number of imidazole rings is 1. The molecule has 0 saturated heterocycles. The van der Waals surface area contributed by atoms with Gasteiger partial charge >= 0.3 is 0 Å². The summed E-state index contributed by atoms with van der Waals surface area (Å²) in [4.78, 5) is 4.14. The van der Waals surface area contributed by atoms with Crippen molar-refractivity contribution in [2.45, 2.75) is 25.9 Å². The predicted octanol–water partition coefficient (Wildman–Crippen LogP) is 0.734. The van der Waals surface area contributed by atoms with Crippen LogP contribution in [0.1, 0.15) is 19.0 Å². The van der Waals surface area contributed by atoms with Gasteiger partial charge in [-0.05, 0) is 19.8 Å². The van der Waals surface area contributed by atoms with Crippen molar-refractivity contribution in [2.75, 3.05) is 0 Å². The first-order valence-electron chi connectivity index (χ1n) is 3.83. The fourth-order valence-electron chi connectivity index (χ4n) is 0.953. The van der Waals surface area contributed by atoms with Crippen LogP contribution in [0.3, 0.4) is 0 Å². The van der Waals surface area contributed by atoms with Gasteiger partial charge in [-0.2, -0.15) is 0 Å². The van der Waals surface area contributed by atoms with Gasteiger partial charge < -0.3 is 9.67 Å². The van der Waals surface area contributed by atoms with Crippen molar-refractivity contribution >= 4 is 0 Å². The smallest absolute Gasteiger partial charge is 0.0946 e. The van der Waals surface area contributed by atoms with E-state index in [1.54, 1.807) is 13.3 Å². The maximum absolute atomic E-state index is 8.99. The second kappa shape index (κ2) is 3.53. The lowest BCUT2D eigenvalue weighted by Crippen LogP contribution is -2.01. The van der Waals surface area contributed by atoms with E-state index in [-0.39, 0.29) is 6.10 Å². The molecule has 1 rings (SSSR count). The highest BCUT2D eigenvalue weighted by atomic mass is 16.3. The maximum atomic E-state index is 8.99. The van der Waals surface area contributed by atoms with Crippen LogP contribution >= 0.6 is 0 Å². The number of rotatable bonds is 3. The first-order chi connectivity index (χ1) is 5.18. The summed E-state index contributed by atoms with van der Waals surface area (Å²) in [7, 11) is 1.94. The van der Waals surface area contributed by atoms with Crippen molar-refractivity contribution in [1.29, 1.82) is 0 Å². The average Bonchev–Trinajstić information content (AvgIpc) is 2.31. The fraction of sp³-hybridized carbons (Fsp3) is 0.625. The van der Waals surface area contributed by atoms with E-state index < -0.39 is 0 Å². The highest BCUT2D eigenvalue weighted by molar-refractivity contribution is 4.96. The highest BCUT2D eigenvalue weighted by Crippen LogP contribution is 2.01. The van der Waals surface area contributed by atoms with E-state index in [0.29, 0.717) is 0 Å². The van der Waals surface area contributed by atoms with E-state index in [4.69, 9.17) is 5.11 Å². The maximum Gasteiger partial charge on any atom is 0.0946 e. The Morgan fingerprint density at radius 2 is 2.45 bits per heavy atom. The molecule has 1 atom stereocenters. The van der Waals surface area contributed by atoms with Crippen LogP contribution in [0, 0.1) is 0 Å². The molecule has 1 aromatic rings. The summed E-state index contributed by atoms with van der Waals surface area (Å²) in [6.07, 6.45) is 5.17. The van der Waals surface area contributed by atoms with Gasteiger partial charge in [0.25, 0.3) is 0 Å². The van der Waals surface area contributed by atoms with Crippen LogP contribution in [-0.4, -0.2) is 20.8 Å². The predicted molar refractivity (Wildman–Crippen MR) is 43.2 cm³/mol. The minimum absolute atomic E-state index is 0.225. The Morgan fingerprint density at radius 3 is 2.91 bits per heavy atom. The van der Waals surface area contributed by atoms with Gasteiger partial charge in [-0.3, -0.25) is 0 Å². The summed E-state index contributed by atoms with van der Waals surface area (Å²) < 4.78 is 1.91. The van der Waals surface area contributed by atoms with E-state index in [0.717, 1.165) is 18.5 Å². The molecule has 0 aliphatic rings. The summed E-state index contributed by atoms with van der Waals surface area (Å²) in [6, 6.07) is 0. The van der Waals surface area contributed by atoms with Gasteiger partial charge in [-0.1, -0.05) is 0 Å². The molecule has 11 heavy (non-hydrogen) atoms. The van der Waals surface area contributed by atoms with Crippen LogP contribution in [0.5, 0.6) is 0 Å². The Kier molecular flexibility index (Phi) is 2.65. The highest BCUT2D eigenvalue weighted by Gasteiger charge is 1.99. The lowest BCUT2D eigenvalue weighted by Gasteiger charge is -1.99. The van der Waals surface area contributed by atoms with Crippen molar-refractivity contribution in [3.8, 4) is 0 Å². The zero-order valence-electron chi connectivity index (χ0n) is 6.99. The van der Waals surface area contributed by atoms with Gasteiger partial charge in [0.1, 0.15) is 0 Å². The van der Waals surface area contributed by atoms with E-state index in [1.807, 2.05) is 17.8 Å². The molecule has 0 aliphatic heterocycles. The molecule has 3 nitrogen and oxygen atoms in total. The van der Waals surface area contributed by atoms with Crippen molar-refractivity contribution < 1.29 is 5.11 Å². The van der Waals surface area contributed by atoms with Crippen LogP contribution < -0.4 is 0 Å². The van der Waals surface area contributed by atoms with Crippen LogP contribution in [0.15, 0.2) is 12.5 Å². The SMILES string of the molecule is C[C@@H](O)CCc1cn(C)cn1. The normalized spacial score (nSPS) is 13.4. The number of aliphatic hydroxyl groups excluding tert-OH is 1. The third kappa shape index (κ3) is 2.72. The summed E-state index contributed by atoms with van der Waals surface area (Å²) in [5.74, 6) is 0. The molecule has 0 saturated carbocycles. The van der Waals surface area contributed by atoms with Crippen molar-refractivity contribution in [2.24, 2.45) is 7.05 Å². The third-order valence-corrected chi connectivity index (χ3v) is 1.58. The molecule has 0 fully saturated rings. The fourth-order valence-corrected chi connectivity index (χ4v) is 0.953. The van der Waals surface area contributed by atoms with E-state index in [9.17, 15) is 0 Å². The minimum atomic E-state index is -0.225. The van der Waals surface area contributed by atoms with E-state index in [1.165, 1.54) is 0 Å². The summed E-state index contributed by atoms with van der Waals surface area (Å²) in [5.41, 5.74) is 1.05. The molecule has 0 spiro atoms. The van der Waals surface area contributed by atoms with Gasteiger partial charge in [0, 0.05) is 13.2 Å². The number of nitrogens with zero attached hydrogens (tertiary/aromatic N) is 2. The van der Waals surface area contributed by atoms with E-state index in [2.05, 4.69) is 4.98 Å². The number of hydrogen-bond acceptors (Lipinski definition) is 2. The Balaban J connectivity index is 2.39. The molecule has 1 heterocycles. The van der Waals surface area contributed by atoms with Gasteiger partial charge in [0.15, 0.2) is 0 Å². The number of aromatic nitrogens is 2. The molecular formula is C8H14N2O. The van der Waals surface area contributed by atoms with Gasteiger partial charge in [-0.25, -0.2) is 4.98 Å². The molecule has 3 heteroatoms. The summed E-state index contributed by atoms with van der Waals surface area (Å²) >= 11 is 0. The number of hydrogen-bond donors (Lipinski definition) is 1. The van der Waals surface area contributed by atoms with Crippen LogP contribution in [-0.2, 0) is 13.5 Å². The zero-order valence-corrected chi connectivity index (χ0v) is 6.99. The molecule has 1 aromatic heterocycles. The Hall–Kier alpha value is -0.830. The minimum Gasteiger partial charge on any atom is -0.393 e.